The number of ketones is 1. The summed E-state index contributed by atoms with van der Waals surface area (Å²) in [5.41, 5.74) is 1.68. The Balaban J connectivity index is 1.59. The van der Waals surface area contributed by atoms with Gasteiger partial charge in [0.05, 0.1) is 16.5 Å². The molecular weight excluding hydrogens is 451 g/mol. The molecule has 0 radical (unpaired) electrons. The fourth-order valence-corrected chi connectivity index (χ4v) is 3.97. The predicted octanol–water partition coefficient (Wildman–Crippen LogP) is 4.09. The number of pyridine rings is 1. The zero-order valence-electron chi connectivity index (χ0n) is 18.8. The van der Waals surface area contributed by atoms with E-state index in [1.807, 2.05) is 6.92 Å². The van der Waals surface area contributed by atoms with Gasteiger partial charge in [-0.25, -0.2) is 4.39 Å². The molecule has 7 nitrogen and oxygen atoms in total. The molecule has 1 amide bonds. The molecule has 0 spiro atoms. The van der Waals surface area contributed by atoms with Gasteiger partial charge in [0, 0.05) is 23.5 Å². The van der Waals surface area contributed by atoms with E-state index in [-0.39, 0.29) is 17.5 Å². The van der Waals surface area contributed by atoms with Crippen LogP contribution in [0.2, 0.25) is 0 Å². The Kier molecular flexibility index (Phi) is 5.78. The van der Waals surface area contributed by atoms with Gasteiger partial charge in [-0.1, -0.05) is 29.8 Å². The third-order valence-corrected chi connectivity index (χ3v) is 5.74. The minimum Gasteiger partial charge on any atom is -0.486 e. The van der Waals surface area contributed by atoms with E-state index in [1.54, 1.807) is 36.4 Å². The number of hydrogen-bond acceptors (Lipinski definition) is 5. The van der Waals surface area contributed by atoms with E-state index in [0.29, 0.717) is 41.5 Å². The number of carbonyl (C=O) groups is 2. The predicted molar refractivity (Wildman–Crippen MR) is 129 cm³/mol. The molecule has 3 aromatic carbocycles. The number of rotatable bonds is 5. The lowest BCUT2D eigenvalue weighted by molar-refractivity contribution is -0.116. The minimum absolute atomic E-state index is 0.0624. The Hall–Kier alpha value is -4.46. The third-order valence-electron chi connectivity index (χ3n) is 5.74. The van der Waals surface area contributed by atoms with Crippen molar-refractivity contribution in [3.05, 3.63) is 99.6 Å². The molecule has 2 heterocycles. The number of ether oxygens (including phenoxy) is 2. The van der Waals surface area contributed by atoms with Gasteiger partial charge in [0.1, 0.15) is 25.6 Å². The molecule has 0 saturated heterocycles. The largest absolute Gasteiger partial charge is 0.486 e. The average Bonchev–Trinajstić information content (AvgIpc) is 2.86. The fourth-order valence-electron chi connectivity index (χ4n) is 3.97. The Bertz CT molecular complexity index is 1510. The fraction of sp³-hybridized carbons (Fsp3) is 0.148. The zero-order valence-corrected chi connectivity index (χ0v) is 18.8. The van der Waals surface area contributed by atoms with Crippen molar-refractivity contribution < 1.29 is 23.5 Å². The number of aryl methyl sites for hydroxylation is 1. The molecule has 1 aliphatic rings. The number of hydrogen-bond donors (Lipinski definition) is 1. The first-order chi connectivity index (χ1) is 16.9. The Morgan fingerprint density at radius 3 is 2.31 bits per heavy atom. The first-order valence-corrected chi connectivity index (χ1v) is 11.0. The first kappa shape index (κ1) is 22.3. The summed E-state index contributed by atoms with van der Waals surface area (Å²) in [6, 6.07) is 15.5. The van der Waals surface area contributed by atoms with Crippen LogP contribution in [0.25, 0.3) is 10.9 Å². The summed E-state index contributed by atoms with van der Waals surface area (Å²) in [6.07, 6.45) is 1.40. The molecule has 5 rings (SSSR count). The smallest absolute Gasteiger partial charge is 0.244 e. The molecule has 0 saturated carbocycles. The second-order valence-corrected chi connectivity index (χ2v) is 8.26. The highest BCUT2D eigenvalue weighted by Crippen LogP contribution is 2.34. The average molecular weight is 472 g/mol. The van der Waals surface area contributed by atoms with Gasteiger partial charge in [0.2, 0.25) is 11.3 Å². The van der Waals surface area contributed by atoms with E-state index in [1.165, 1.54) is 35.0 Å². The monoisotopic (exact) mass is 472 g/mol. The van der Waals surface area contributed by atoms with Crippen LogP contribution >= 0.6 is 0 Å². The SMILES string of the molecule is Cc1ccc(C(=O)c2cn(CC(=O)Nc3ccc(F)cc3)c3cc4c(cc3c2=O)OCCO4)cc1. The number of nitrogens with zero attached hydrogens (tertiary/aromatic N) is 1. The van der Waals surface area contributed by atoms with Gasteiger partial charge in [-0.3, -0.25) is 14.4 Å². The molecule has 1 aliphatic heterocycles. The summed E-state index contributed by atoms with van der Waals surface area (Å²) >= 11 is 0. The molecule has 0 atom stereocenters. The van der Waals surface area contributed by atoms with E-state index < -0.39 is 22.9 Å². The van der Waals surface area contributed by atoms with E-state index >= 15 is 0 Å². The van der Waals surface area contributed by atoms with Crippen molar-refractivity contribution in [1.82, 2.24) is 4.57 Å². The minimum atomic E-state index is -0.460. The molecule has 8 heteroatoms. The summed E-state index contributed by atoms with van der Waals surface area (Å²) in [5.74, 6) is -0.415. The van der Waals surface area contributed by atoms with Gasteiger partial charge in [-0.15, -0.1) is 0 Å². The number of aromatic nitrogens is 1. The number of nitrogens with one attached hydrogen (secondary N) is 1. The number of halogens is 1. The molecule has 35 heavy (non-hydrogen) atoms. The molecule has 1 N–H and O–H groups in total. The van der Waals surface area contributed by atoms with Gasteiger partial charge in [0.15, 0.2) is 17.3 Å². The summed E-state index contributed by atoms with van der Waals surface area (Å²) in [4.78, 5) is 39.5. The van der Waals surface area contributed by atoms with E-state index in [4.69, 9.17) is 9.47 Å². The normalized spacial score (nSPS) is 12.4. The van der Waals surface area contributed by atoms with Crippen LogP contribution in [0.15, 0.2) is 71.7 Å². The van der Waals surface area contributed by atoms with E-state index in [2.05, 4.69) is 5.32 Å². The molecule has 1 aromatic heterocycles. The number of benzene rings is 3. The molecule has 0 unspecified atom stereocenters. The zero-order chi connectivity index (χ0) is 24.5. The van der Waals surface area contributed by atoms with Crippen LogP contribution < -0.4 is 20.2 Å². The van der Waals surface area contributed by atoms with Crippen molar-refractivity contribution in [2.24, 2.45) is 0 Å². The second kappa shape index (κ2) is 9.06. The molecule has 0 bridgehead atoms. The maximum atomic E-state index is 13.4. The van der Waals surface area contributed by atoms with E-state index in [9.17, 15) is 18.8 Å². The number of fused-ring (bicyclic) bond motifs is 2. The van der Waals surface area contributed by atoms with Crippen LogP contribution in [0.1, 0.15) is 21.5 Å². The van der Waals surface area contributed by atoms with Crippen LogP contribution in [0.4, 0.5) is 10.1 Å². The standard InChI is InChI=1S/C27H21FN2O5/c1-16-2-4-17(5-3-16)26(32)21-14-30(15-25(31)29-19-8-6-18(28)7-9-19)22-13-24-23(34-10-11-35-24)12-20(22)27(21)33/h2-9,12-14H,10-11,15H2,1H3,(H,29,31). The maximum Gasteiger partial charge on any atom is 0.244 e. The Labute approximate surface area is 199 Å². The highest BCUT2D eigenvalue weighted by molar-refractivity contribution is 6.10. The topological polar surface area (TPSA) is 86.6 Å². The van der Waals surface area contributed by atoms with Gasteiger partial charge in [-0.2, -0.15) is 0 Å². The van der Waals surface area contributed by atoms with Gasteiger partial charge in [-0.05, 0) is 37.3 Å². The van der Waals surface area contributed by atoms with Crippen LogP contribution in [-0.2, 0) is 11.3 Å². The molecule has 4 aromatic rings. The molecular formula is C27H21FN2O5. The van der Waals surface area contributed by atoms with Gasteiger partial charge < -0.3 is 19.4 Å². The first-order valence-electron chi connectivity index (χ1n) is 11.0. The molecule has 0 fully saturated rings. The molecule has 0 aliphatic carbocycles. The van der Waals surface area contributed by atoms with Crippen LogP contribution in [0.5, 0.6) is 11.5 Å². The van der Waals surface area contributed by atoms with Crippen molar-refractivity contribution in [3.63, 3.8) is 0 Å². The van der Waals surface area contributed by atoms with Crippen molar-refractivity contribution in [2.75, 3.05) is 18.5 Å². The summed E-state index contributed by atoms with van der Waals surface area (Å²) in [7, 11) is 0. The lowest BCUT2D eigenvalue weighted by atomic mass is 10.0. The van der Waals surface area contributed by atoms with Gasteiger partial charge >= 0.3 is 0 Å². The number of carbonyl (C=O) groups excluding carboxylic acids is 2. The quantitative estimate of drug-likeness (QED) is 0.442. The van der Waals surface area contributed by atoms with E-state index in [0.717, 1.165) is 5.56 Å². The van der Waals surface area contributed by atoms with Crippen LogP contribution in [-0.4, -0.2) is 29.5 Å². The lowest BCUT2D eigenvalue weighted by Crippen LogP contribution is -2.25. The number of anilines is 1. The van der Waals surface area contributed by atoms with Gasteiger partial charge in [0.25, 0.3) is 0 Å². The van der Waals surface area contributed by atoms with Crippen molar-refractivity contribution in [1.29, 1.82) is 0 Å². The van der Waals surface area contributed by atoms with Crippen molar-refractivity contribution >= 4 is 28.3 Å². The maximum absolute atomic E-state index is 13.4. The Morgan fingerprint density at radius 2 is 1.63 bits per heavy atom. The highest BCUT2D eigenvalue weighted by Gasteiger charge is 2.22. The molecule has 176 valence electrons. The second-order valence-electron chi connectivity index (χ2n) is 8.26. The third kappa shape index (κ3) is 4.50. The summed E-state index contributed by atoms with van der Waals surface area (Å²) in [5, 5.41) is 2.94. The van der Waals surface area contributed by atoms with Crippen LogP contribution in [0.3, 0.4) is 0 Å². The lowest BCUT2D eigenvalue weighted by Gasteiger charge is -2.20. The van der Waals surface area contributed by atoms with Crippen molar-refractivity contribution in [3.8, 4) is 11.5 Å². The number of amides is 1. The summed E-state index contributed by atoms with van der Waals surface area (Å²) in [6.45, 7) is 2.41. The Morgan fingerprint density at radius 1 is 0.971 bits per heavy atom. The van der Waals surface area contributed by atoms with Crippen molar-refractivity contribution in [2.45, 2.75) is 13.5 Å². The van der Waals surface area contributed by atoms with Crippen LogP contribution in [0, 0.1) is 12.7 Å². The summed E-state index contributed by atoms with van der Waals surface area (Å²) < 4.78 is 26.0. The highest BCUT2D eigenvalue weighted by atomic mass is 19.1.